The number of carbonyl (C=O) groups excluding carboxylic acids is 2. The van der Waals surface area contributed by atoms with E-state index >= 15 is 0 Å². The number of hydrogen-bond donors (Lipinski definition) is 2. The summed E-state index contributed by atoms with van der Waals surface area (Å²) in [5, 5.41) is 19.1. The van der Waals surface area contributed by atoms with Crippen LogP contribution < -0.4 is 4.74 Å². The Bertz CT molecular complexity index is 443. The second-order valence-corrected chi connectivity index (χ2v) is 3.49. The molecule has 0 heterocycles. The summed E-state index contributed by atoms with van der Waals surface area (Å²) in [4.78, 5) is 22.1. The topological polar surface area (TPSA) is 93.1 Å². The average molecular weight is 254 g/mol. The summed E-state index contributed by atoms with van der Waals surface area (Å²) in [7, 11) is 0. The zero-order valence-corrected chi connectivity index (χ0v) is 10.1. The Morgan fingerprint density at radius 3 is 2.22 bits per heavy atom. The van der Waals surface area contributed by atoms with Crippen LogP contribution in [0.25, 0.3) is 0 Å². The zero-order valence-electron chi connectivity index (χ0n) is 10.1. The van der Waals surface area contributed by atoms with Crippen LogP contribution in [0.2, 0.25) is 0 Å². The average Bonchev–Trinajstić information content (AvgIpc) is 2.27. The van der Waals surface area contributed by atoms with E-state index in [0.29, 0.717) is 0 Å². The van der Waals surface area contributed by atoms with Gasteiger partial charge in [-0.2, -0.15) is 0 Å². The van der Waals surface area contributed by atoms with Gasteiger partial charge in [0.2, 0.25) is 5.75 Å². The summed E-state index contributed by atoms with van der Waals surface area (Å²) in [5.41, 5.74) is 0.147. The van der Waals surface area contributed by atoms with E-state index in [1.165, 1.54) is 6.92 Å². The highest BCUT2D eigenvalue weighted by molar-refractivity contribution is 5.95. The van der Waals surface area contributed by atoms with Crippen LogP contribution in [0, 0.1) is 0 Å². The standard InChI is InChI=1S/C12H14O6/c1-3-17-11(16)6-18-12-9(14)4-8(7(2)13)5-10(12)15/h4-5,14-15H,3,6H2,1-2H3. The molecule has 1 rings (SSSR count). The quantitative estimate of drug-likeness (QED) is 0.606. The van der Waals surface area contributed by atoms with Gasteiger partial charge in [-0.3, -0.25) is 4.79 Å². The van der Waals surface area contributed by atoms with Crippen molar-refractivity contribution in [1.82, 2.24) is 0 Å². The van der Waals surface area contributed by atoms with Gasteiger partial charge in [0.25, 0.3) is 0 Å². The Labute approximate surface area is 104 Å². The number of carbonyl (C=O) groups is 2. The third kappa shape index (κ3) is 3.38. The van der Waals surface area contributed by atoms with Crippen molar-refractivity contribution in [2.24, 2.45) is 0 Å². The molecule has 98 valence electrons. The van der Waals surface area contributed by atoms with Crippen molar-refractivity contribution in [3.05, 3.63) is 17.7 Å². The van der Waals surface area contributed by atoms with Crippen molar-refractivity contribution in [2.75, 3.05) is 13.2 Å². The SMILES string of the molecule is CCOC(=O)COc1c(O)cc(C(C)=O)cc1O. The molecule has 0 spiro atoms. The lowest BCUT2D eigenvalue weighted by Gasteiger charge is -2.10. The molecular formula is C12H14O6. The number of phenols is 2. The van der Waals surface area contributed by atoms with Crippen molar-refractivity contribution in [2.45, 2.75) is 13.8 Å². The van der Waals surface area contributed by atoms with E-state index in [1.54, 1.807) is 6.92 Å². The second-order valence-electron chi connectivity index (χ2n) is 3.49. The molecule has 1 aromatic carbocycles. The highest BCUT2D eigenvalue weighted by atomic mass is 16.6. The molecule has 6 heteroatoms. The highest BCUT2D eigenvalue weighted by Crippen LogP contribution is 2.37. The maximum absolute atomic E-state index is 11.1. The number of hydrogen-bond acceptors (Lipinski definition) is 6. The number of rotatable bonds is 5. The Morgan fingerprint density at radius 1 is 1.22 bits per heavy atom. The van der Waals surface area contributed by atoms with Crippen LogP contribution in [-0.4, -0.2) is 35.2 Å². The fraction of sp³-hybridized carbons (Fsp3) is 0.333. The molecule has 2 N–H and O–H groups in total. The minimum absolute atomic E-state index is 0.147. The number of benzene rings is 1. The van der Waals surface area contributed by atoms with Crippen LogP contribution in [0.5, 0.6) is 17.2 Å². The predicted molar refractivity (Wildman–Crippen MR) is 61.9 cm³/mol. The molecule has 0 aliphatic heterocycles. The van der Waals surface area contributed by atoms with E-state index in [0.717, 1.165) is 12.1 Å². The van der Waals surface area contributed by atoms with E-state index in [-0.39, 0.29) is 23.7 Å². The Hall–Kier alpha value is -2.24. The summed E-state index contributed by atoms with van der Waals surface area (Å²) >= 11 is 0. The van der Waals surface area contributed by atoms with E-state index in [9.17, 15) is 19.8 Å². The molecule has 0 fully saturated rings. The molecule has 0 amide bonds. The monoisotopic (exact) mass is 254 g/mol. The maximum atomic E-state index is 11.1. The third-order valence-electron chi connectivity index (χ3n) is 2.10. The van der Waals surface area contributed by atoms with Gasteiger partial charge >= 0.3 is 5.97 Å². The largest absolute Gasteiger partial charge is 0.504 e. The van der Waals surface area contributed by atoms with Crippen LogP contribution in [0.1, 0.15) is 24.2 Å². The van der Waals surface area contributed by atoms with E-state index < -0.39 is 24.1 Å². The summed E-state index contributed by atoms with van der Waals surface area (Å²) in [6.07, 6.45) is 0. The first-order chi connectivity index (χ1) is 8.45. The van der Waals surface area contributed by atoms with Crippen LogP contribution in [0.15, 0.2) is 12.1 Å². The number of Topliss-reactive ketones (excluding diaryl/α,β-unsaturated/α-hetero) is 1. The smallest absolute Gasteiger partial charge is 0.344 e. The molecule has 0 saturated heterocycles. The van der Waals surface area contributed by atoms with Crippen molar-refractivity contribution in [1.29, 1.82) is 0 Å². The fourth-order valence-corrected chi connectivity index (χ4v) is 1.28. The molecule has 0 bridgehead atoms. The van der Waals surface area contributed by atoms with Gasteiger partial charge in [-0.25, -0.2) is 4.79 Å². The van der Waals surface area contributed by atoms with Gasteiger partial charge in [-0.05, 0) is 26.0 Å². The van der Waals surface area contributed by atoms with Crippen LogP contribution >= 0.6 is 0 Å². The van der Waals surface area contributed by atoms with Gasteiger partial charge in [-0.1, -0.05) is 0 Å². The number of aromatic hydroxyl groups is 2. The van der Waals surface area contributed by atoms with E-state index in [1.807, 2.05) is 0 Å². The second kappa shape index (κ2) is 5.90. The predicted octanol–water partition coefficient (Wildman–Crippen LogP) is 1.24. The lowest BCUT2D eigenvalue weighted by molar-refractivity contribution is -0.145. The summed E-state index contributed by atoms with van der Waals surface area (Å²) in [5.74, 6) is -2.01. The molecule has 0 radical (unpaired) electrons. The molecule has 0 saturated carbocycles. The van der Waals surface area contributed by atoms with Crippen molar-refractivity contribution < 1.29 is 29.3 Å². The van der Waals surface area contributed by atoms with Crippen LogP contribution in [0.4, 0.5) is 0 Å². The Kier molecular flexibility index (Phi) is 4.53. The van der Waals surface area contributed by atoms with Crippen molar-refractivity contribution in [3.8, 4) is 17.2 Å². The van der Waals surface area contributed by atoms with Gasteiger partial charge in [0.05, 0.1) is 6.61 Å². The van der Waals surface area contributed by atoms with E-state index in [2.05, 4.69) is 4.74 Å². The summed E-state index contributed by atoms with van der Waals surface area (Å²) in [6.45, 7) is 2.72. The minimum Gasteiger partial charge on any atom is -0.504 e. The first-order valence-corrected chi connectivity index (χ1v) is 5.31. The molecule has 0 aromatic heterocycles. The lowest BCUT2D eigenvalue weighted by atomic mass is 10.1. The van der Waals surface area contributed by atoms with Gasteiger partial charge in [0, 0.05) is 5.56 Å². The molecule has 18 heavy (non-hydrogen) atoms. The van der Waals surface area contributed by atoms with Gasteiger partial charge in [0.1, 0.15) is 0 Å². The van der Waals surface area contributed by atoms with Gasteiger partial charge in [0.15, 0.2) is 23.9 Å². The van der Waals surface area contributed by atoms with Crippen LogP contribution in [0.3, 0.4) is 0 Å². The maximum Gasteiger partial charge on any atom is 0.344 e. The molecule has 0 aliphatic carbocycles. The zero-order chi connectivity index (χ0) is 13.7. The molecule has 0 atom stereocenters. The number of ketones is 1. The molecular weight excluding hydrogens is 240 g/mol. The summed E-state index contributed by atoms with van der Waals surface area (Å²) < 4.78 is 9.55. The Morgan fingerprint density at radius 2 is 1.78 bits per heavy atom. The van der Waals surface area contributed by atoms with Gasteiger partial charge in [-0.15, -0.1) is 0 Å². The fourth-order valence-electron chi connectivity index (χ4n) is 1.28. The lowest BCUT2D eigenvalue weighted by Crippen LogP contribution is -2.14. The molecule has 0 unspecified atom stereocenters. The first-order valence-electron chi connectivity index (χ1n) is 5.31. The first kappa shape index (κ1) is 13.8. The van der Waals surface area contributed by atoms with E-state index in [4.69, 9.17) is 4.74 Å². The third-order valence-corrected chi connectivity index (χ3v) is 2.10. The van der Waals surface area contributed by atoms with Crippen molar-refractivity contribution in [3.63, 3.8) is 0 Å². The Balaban J connectivity index is 2.84. The van der Waals surface area contributed by atoms with Crippen LogP contribution in [-0.2, 0) is 9.53 Å². The minimum atomic E-state index is -0.619. The summed E-state index contributed by atoms with van der Waals surface area (Å²) in [6, 6.07) is 2.31. The normalized spacial score (nSPS) is 9.89. The number of esters is 1. The van der Waals surface area contributed by atoms with Gasteiger partial charge < -0.3 is 19.7 Å². The molecule has 1 aromatic rings. The number of ether oxygens (including phenoxy) is 2. The highest BCUT2D eigenvalue weighted by Gasteiger charge is 2.15. The van der Waals surface area contributed by atoms with Crippen molar-refractivity contribution >= 4 is 11.8 Å². The molecule has 0 aliphatic rings. The molecule has 6 nitrogen and oxygen atoms in total. The number of phenolic OH excluding ortho intramolecular Hbond substituents is 2.